The van der Waals surface area contributed by atoms with Gasteiger partial charge < -0.3 is 4.42 Å². The van der Waals surface area contributed by atoms with E-state index in [1.807, 2.05) is 36.4 Å². The van der Waals surface area contributed by atoms with E-state index in [1.54, 1.807) is 0 Å². The zero-order chi connectivity index (χ0) is 36.6. The van der Waals surface area contributed by atoms with Gasteiger partial charge in [-0.2, -0.15) is 0 Å². The summed E-state index contributed by atoms with van der Waals surface area (Å²) in [7, 11) is 0. The molecule has 0 saturated carbocycles. The molecular weight excluding hydrogens is 671 g/mol. The van der Waals surface area contributed by atoms with Gasteiger partial charge in [0.25, 0.3) is 0 Å². The van der Waals surface area contributed by atoms with E-state index in [2.05, 4.69) is 164 Å². The number of rotatable bonds is 7. The Morgan fingerprint density at radius 3 is 1.38 bits per heavy atom. The molecule has 0 radical (unpaired) electrons. The van der Waals surface area contributed by atoms with Gasteiger partial charge >= 0.3 is 0 Å². The summed E-state index contributed by atoms with van der Waals surface area (Å²) in [5.41, 5.74) is 13.4. The Morgan fingerprint density at radius 1 is 0.255 bits per heavy atom. The van der Waals surface area contributed by atoms with Crippen molar-refractivity contribution in [3.05, 3.63) is 200 Å². The lowest BCUT2D eigenvalue weighted by molar-refractivity contribution is 0.669. The summed E-state index contributed by atoms with van der Waals surface area (Å²) >= 11 is 0. The lowest BCUT2D eigenvalue weighted by Crippen LogP contribution is -2.02. The largest absolute Gasteiger partial charge is 0.456 e. The Hall–Kier alpha value is -7.43. The van der Waals surface area contributed by atoms with E-state index in [0.29, 0.717) is 17.5 Å². The van der Waals surface area contributed by atoms with Gasteiger partial charge in [-0.15, -0.1) is 0 Å². The zero-order valence-electron chi connectivity index (χ0n) is 29.8. The molecule has 2 heterocycles. The molecule has 10 rings (SSSR count). The fourth-order valence-corrected chi connectivity index (χ4v) is 7.44. The first-order valence-electron chi connectivity index (χ1n) is 18.4. The molecule has 0 aliphatic heterocycles. The molecule has 0 aliphatic carbocycles. The van der Waals surface area contributed by atoms with Crippen molar-refractivity contribution in [1.82, 2.24) is 15.0 Å². The molecule has 0 bridgehead atoms. The second-order valence-electron chi connectivity index (χ2n) is 13.6. The molecule has 8 aromatic carbocycles. The molecule has 2 aromatic heterocycles. The smallest absolute Gasteiger partial charge is 0.164 e. The Bertz CT molecular complexity index is 2970. The molecular formula is C51H33N3O. The van der Waals surface area contributed by atoms with Crippen LogP contribution >= 0.6 is 0 Å². The van der Waals surface area contributed by atoms with Crippen LogP contribution in [0.3, 0.4) is 0 Å². The van der Waals surface area contributed by atoms with Crippen molar-refractivity contribution < 1.29 is 4.42 Å². The van der Waals surface area contributed by atoms with Crippen molar-refractivity contribution >= 4 is 21.9 Å². The Balaban J connectivity index is 1.13. The standard InChI is InChI=1S/C51H33N3O/c1-3-14-34(15-4-1)35-26-28-37(29-27-35)42-21-8-10-24-45(42)51-53-49(52-50(54-51)44-23-9-7-20-41(44)36-16-5-2-6-17-36)40-19-13-18-38(32-40)39-30-31-48-46(33-39)43-22-11-12-25-47(43)55-48/h1-33H. The van der Waals surface area contributed by atoms with Gasteiger partial charge in [-0.3, -0.25) is 0 Å². The Morgan fingerprint density at radius 2 is 0.691 bits per heavy atom. The minimum atomic E-state index is 0.605. The van der Waals surface area contributed by atoms with E-state index >= 15 is 0 Å². The molecule has 0 amide bonds. The third-order valence-electron chi connectivity index (χ3n) is 10.2. The van der Waals surface area contributed by atoms with Gasteiger partial charge in [0.1, 0.15) is 11.2 Å². The molecule has 0 N–H and O–H groups in total. The molecule has 10 aromatic rings. The summed E-state index contributed by atoms with van der Waals surface area (Å²) < 4.78 is 6.13. The topological polar surface area (TPSA) is 51.8 Å². The lowest BCUT2D eigenvalue weighted by atomic mass is 9.96. The lowest BCUT2D eigenvalue weighted by Gasteiger charge is -2.14. The third kappa shape index (κ3) is 6.16. The number of benzene rings is 8. The second kappa shape index (κ2) is 13.8. The summed E-state index contributed by atoms with van der Waals surface area (Å²) in [5.74, 6) is 1.83. The number of hydrogen-bond acceptors (Lipinski definition) is 4. The highest BCUT2D eigenvalue weighted by molar-refractivity contribution is 6.06. The summed E-state index contributed by atoms with van der Waals surface area (Å²) in [6.07, 6.45) is 0. The first-order valence-corrected chi connectivity index (χ1v) is 18.4. The second-order valence-corrected chi connectivity index (χ2v) is 13.6. The van der Waals surface area contributed by atoms with E-state index in [-0.39, 0.29) is 0 Å². The molecule has 4 nitrogen and oxygen atoms in total. The Labute approximate surface area is 319 Å². The Kier molecular flexibility index (Phi) is 8.12. The molecule has 4 heteroatoms. The first kappa shape index (κ1) is 32.2. The van der Waals surface area contributed by atoms with Crippen molar-refractivity contribution in [2.75, 3.05) is 0 Å². The number of furan rings is 1. The van der Waals surface area contributed by atoms with E-state index < -0.39 is 0 Å². The average Bonchev–Trinajstić information content (AvgIpc) is 3.65. The van der Waals surface area contributed by atoms with Crippen LogP contribution in [0.5, 0.6) is 0 Å². The molecule has 0 atom stereocenters. The summed E-state index contributed by atoms with van der Waals surface area (Å²) in [6, 6.07) is 69.3. The van der Waals surface area contributed by atoms with Crippen molar-refractivity contribution in [3.63, 3.8) is 0 Å². The quantitative estimate of drug-likeness (QED) is 0.166. The van der Waals surface area contributed by atoms with Gasteiger partial charge in [-0.05, 0) is 68.8 Å². The van der Waals surface area contributed by atoms with Crippen molar-refractivity contribution in [2.24, 2.45) is 0 Å². The van der Waals surface area contributed by atoms with E-state index in [4.69, 9.17) is 19.4 Å². The van der Waals surface area contributed by atoms with E-state index in [9.17, 15) is 0 Å². The fraction of sp³-hybridized carbons (Fsp3) is 0. The monoisotopic (exact) mass is 703 g/mol. The molecule has 55 heavy (non-hydrogen) atoms. The van der Waals surface area contributed by atoms with E-state index in [0.717, 1.165) is 72.0 Å². The van der Waals surface area contributed by atoms with Crippen LogP contribution < -0.4 is 0 Å². The molecule has 0 aliphatic rings. The predicted octanol–water partition coefficient (Wildman–Crippen LogP) is 13.4. The molecule has 0 spiro atoms. The predicted molar refractivity (Wildman–Crippen MR) is 225 cm³/mol. The van der Waals surface area contributed by atoms with Crippen LogP contribution in [0, 0.1) is 0 Å². The van der Waals surface area contributed by atoms with Gasteiger partial charge in [0.05, 0.1) is 0 Å². The third-order valence-corrected chi connectivity index (χ3v) is 10.2. The van der Waals surface area contributed by atoms with Gasteiger partial charge in [0, 0.05) is 27.5 Å². The highest BCUT2D eigenvalue weighted by Gasteiger charge is 2.18. The zero-order valence-corrected chi connectivity index (χ0v) is 29.8. The fourth-order valence-electron chi connectivity index (χ4n) is 7.44. The van der Waals surface area contributed by atoms with E-state index in [1.165, 1.54) is 11.1 Å². The molecule has 0 saturated heterocycles. The number of aromatic nitrogens is 3. The normalized spacial score (nSPS) is 11.3. The maximum atomic E-state index is 6.13. The van der Waals surface area contributed by atoms with Crippen LogP contribution in [0.25, 0.3) is 101 Å². The first-order chi connectivity index (χ1) is 27.2. The molecule has 258 valence electrons. The SMILES string of the molecule is c1ccc(-c2ccc(-c3ccccc3-c3nc(-c4cccc(-c5ccc6oc7ccccc7c6c5)c4)nc(-c4ccccc4-c4ccccc4)n3)cc2)cc1. The summed E-state index contributed by atoms with van der Waals surface area (Å²) in [5, 5.41) is 2.20. The molecule has 0 fully saturated rings. The van der Waals surface area contributed by atoms with Crippen LogP contribution in [0.2, 0.25) is 0 Å². The highest BCUT2D eigenvalue weighted by atomic mass is 16.3. The van der Waals surface area contributed by atoms with Crippen molar-refractivity contribution in [1.29, 1.82) is 0 Å². The van der Waals surface area contributed by atoms with Gasteiger partial charge in [0.15, 0.2) is 17.5 Å². The number of para-hydroxylation sites is 1. The number of hydrogen-bond donors (Lipinski definition) is 0. The summed E-state index contributed by atoms with van der Waals surface area (Å²) in [4.78, 5) is 15.7. The van der Waals surface area contributed by atoms with Crippen LogP contribution in [-0.2, 0) is 0 Å². The van der Waals surface area contributed by atoms with Gasteiger partial charge in [-0.25, -0.2) is 15.0 Å². The maximum Gasteiger partial charge on any atom is 0.164 e. The minimum absolute atomic E-state index is 0.605. The van der Waals surface area contributed by atoms with Crippen LogP contribution in [0.15, 0.2) is 205 Å². The highest BCUT2D eigenvalue weighted by Crippen LogP contribution is 2.37. The minimum Gasteiger partial charge on any atom is -0.456 e. The molecule has 0 unspecified atom stereocenters. The van der Waals surface area contributed by atoms with Crippen molar-refractivity contribution in [3.8, 4) is 78.7 Å². The van der Waals surface area contributed by atoms with Crippen LogP contribution in [0.1, 0.15) is 0 Å². The number of fused-ring (bicyclic) bond motifs is 3. The van der Waals surface area contributed by atoms with Crippen LogP contribution in [-0.4, -0.2) is 15.0 Å². The number of nitrogens with zero attached hydrogens (tertiary/aromatic N) is 3. The van der Waals surface area contributed by atoms with Crippen LogP contribution in [0.4, 0.5) is 0 Å². The van der Waals surface area contributed by atoms with Crippen molar-refractivity contribution in [2.45, 2.75) is 0 Å². The van der Waals surface area contributed by atoms with Gasteiger partial charge in [0.2, 0.25) is 0 Å². The average molecular weight is 704 g/mol. The summed E-state index contributed by atoms with van der Waals surface area (Å²) in [6.45, 7) is 0. The maximum absolute atomic E-state index is 6.13. The van der Waals surface area contributed by atoms with Gasteiger partial charge in [-0.1, -0.05) is 176 Å².